The average molecular weight is 770 g/mol. The second kappa shape index (κ2) is 14.7. The first-order valence-electron chi connectivity index (χ1n) is 20.8. The molecule has 1 aliphatic heterocycles. The maximum atomic E-state index is 6.67. The van der Waals surface area contributed by atoms with Crippen LogP contribution in [0.4, 0.5) is 17.1 Å². The summed E-state index contributed by atoms with van der Waals surface area (Å²) in [5, 5.41) is 3.72. The molecule has 1 heterocycles. The van der Waals surface area contributed by atoms with Crippen LogP contribution >= 0.6 is 0 Å². The van der Waals surface area contributed by atoms with E-state index in [1.54, 1.807) is 0 Å². The van der Waals surface area contributed by atoms with Crippen LogP contribution in [0.3, 0.4) is 0 Å². The molecule has 1 spiro atoms. The predicted octanol–water partition coefficient (Wildman–Crippen LogP) is 13.1. The minimum absolute atomic E-state index is 0.0317. The van der Waals surface area contributed by atoms with Gasteiger partial charge in [0, 0.05) is 17.9 Å². The fourth-order valence-corrected chi connectivity index (χ4v) is 9.82. The van der Waals surface area contributed by atoms with Crippen molar-refractivity contribution < 1.29 is 0 Å². The van der Waals surface area contributed by atoms with Gasteiger partial charge in [0.05, 0.1) is 22.8 Å². The lowest BCUT2D eigenvalue weighted by atomic mass is 9.64. The van der Waals surface area contributed by atoms with Gasteiger partial charge in [-0.05, 0) is 109 Å². The van der Waals surface area contributed by atoms with Crippen molar-refractivity contribution in [1.29, 1.82) is 0 Å². The van der Waals surface area contributed by atoms with E-state index < -0.39 is 5.41 Å². The van der Waals surface area contributed by atoms with Gasteiger partial charge in [0.1, 0.15) is 0 Å². The van der Waals surface area contributed by atoms with Gasteiger partial charge in [-0.1, -0.05) is 188 Å². The van der Waals surface area contributed by atoms with Gasteiger partial charge < -0.3 is 16.0 Å². The van der Waals surface area contributed by atoms with Gasteiger partial charge in [0.25, 0.3) is 0 Å². The number of fused-ring (bicyclic) bond motifs is 9. The van der Waals surface area contributed by atoms with Crippen molar-refractivity contribution >= 4 is 22.8 Å². The van der Waals surface area contributed by atoms with Gasteiger partial charge >= 0.3 is 0 Å². The highest BCUT2D eigenvalue weighted by molar-refractivity contribution is 5.96. The van der Waals surface area contributed by atoms with Crippen molar-refractivity contribution in [2.24, 2.45) is 5.73 Å². The Kier molecular flexibility index (Phi) is 8.76. The Balaban J connectivity index is 0.941. The maximum Gasteiger partial charge on any atom is 0.0754 e. The minimum Gasteiger partial charge on any atom is -0.398 e. The summed E-state index contributed by atoms with van der Waals surface area (Å²) in [6, 6.07) is 73.1. The summed E-state index contributed by atoms with van der Waals surface area (Å²) in [5.74, 6) is 0. The SMILES string of the molecule is N/C(=C1/C=CC=CC1NCc1ccc(-c2cccc(-c3ccc4c(c3)C3(c5ccccc5-4)c4ccccc4N(c4ccccc4)c4ccccc43)c2)cc1)c1ccccc1. The van der Waals surface area contributed by atoms with Crippen LogP contribution in [-0.2, 0) is 12.0 Å². The number of nitrogens with zero attached hydrogens (tertiary/aromatic N) is 1. The lowest BCUT2D eigenvalue weighted by Crippen LogP contribution is -2.36. The van der Waals surface area contributed by atoms with Gasteiger partial charge in [-0.15, -0.1) is 0 Å². The highest BCUT2D eigenvalue weighted by Gasteiger charge is 2.51. The van der Waals surface area contributed by atoms with Crippen LogP contribution in [0.25, 0.3) is 39.1 Å². The zero-order chi connectivity index (χ0) is 40.0. The second-order valence-electron chi connectivity index (χ2n) is 15.9. The number of nitrogens with one attached hydrogen (secondary N) is 1. The number of rotatable bonds is 7. The molecule has 0 amide bonds. The smallest absolute Gasteiger partial charge is 0.0754 e. The first kappa shape index (κ1) is 35.7. The minimum atomic E-state index is -0.491. The molecule has 8 aromatic rings. The second-order valence-corrected chi connectivity index (χ2v) is 15.9. The van der Waals surface area contributed by atoms with Crippen LogP contribution < -0.4 is 16.0 Å². The van der Waals surface area contributed by atoms with E-state index in [1.165, 1.54) is 72.6 Å². The van der Waals surface area contributed by atoms with E-state index in [0.717, 1.165) is 29.1 Å². The Labute approximate surface area is 352 Å². The summed E-state index contributed by atoms with van der Waals surface area (Å²) < 4.78 is 0. The Morgan fingerprint density at radius 2 is 1.08 bits per heavy atom. The van der Waals surface area contributed by atoms with Gasteiger partial charge in [-0.2, -0.15) is 0 Å². The molecule has 60 heavy (non-hydrogen) atoms. The number of anilines is 3. The normalized spacial score (nSPS) is 16.2. The molecule has 2 aliphatic carbocycles. The Bertz CT molecular complexity index is 2950. The fourth-order valence-electron chi connectivity index (χ4n) is 9.82. The number of nitrogens with two attached hydrogens (primary N) is 1. The first-order valence-corrected chi connectivity index (χ1v) is 20.8. The van der Waals surface area contributed by atoms with Gasteiger partial charge in [0.2, 0.25) is 0 Å². The molecule has 3 aliphatic rings. The Morgan fingerprint density at radius 1 is 0.500 bits per heavy atom. The molecule has 0 bridgehead atoms. The third-order valence-electron chi connectivity index (χ3n) is 12.6. The van der Waals surface area contributed by atoms with Crippen LogP contribution in [0.1, 0.15) is 33.4 Å². The van der Waals surface area contributed by atoms with Crippen LogP contribution in [0.15, 0.2) is 230 Å². The summed E-state index contributed by atoms with van der Waals surface area (Å²) in [7, 11) is 0. The summed E-state index contributed by atoms with van der Waals surface area (Å²) >= 11 is 0. The molecule has 0 saturated heterocycles. The van der Waals surface area contributed by atoms with Gasteiger partial charge in [-0.3, -0.25) is 0 Å². The third-order valence-corrected chi connectivity index (χ3v) is 12.6. The third kappa shape index (κ3) is 5.78. The number of para-hydroxylation sites is 3. The topological polar surface area (TPSA) is 41.3 Å². The van der Waals surface area contributed by atoms with Crippen LogP contribution in [0, 0.1) is 0 Å². The van der Waals surface area contributed by atoms with Crippen molar-refractivity contribution in [3.8, 4) is 33.4 Å². The van der Waals surface area contributed by atoms with Crippen molar-refractivity contribution in [3.05, 3.63) is 263 Å². The summed E-state index contributed by atoms with van der Waals surface area (Å²) in [5.41, 5.74) is 26.5. The van der Waals surface area contributed by atoms with E-state index in [4.69, 9.17) is 5.73 Å². The molecular weight excluding hydrogens is 727 g/mol. The van der Waals surface area contributed by atoms with Crippen LogP contribution in [0.2, 0.25) is 0 Å². The molecule has 3 N–H and O–H groups in total. The molecule has 286 valence electrons. The lowest BCUT2D eigenvalue weighted by molar-refractivity contribution is 0.658. The van der Waals surface area contributed by atoms with Crippen molar-refractivity contribution in [2.45, 2.75) is 18.0 Å². The highest BCUT2D eigenvalue weighted by Crippen LogP contribution is 2.63. The lowest BCUT2D eigenvalue weighted by Gasteiger charge is -2.45. The standard InChI is InChI=1S/C57H43N3/c58-56(41-16-3-1-4-17-41)48-23-8-12-27-53(48)59-38-39-30-32-40(33-31-39)42-18-15-19-43(36-42)44-34-35-47-46-22-7-9-24-49(46)57(52(47)37-44)50-25-10-13-28-54(50)60(45-20-5-2-6-21-45)55-29-14-11-26-51(55)57/h1-37,53,59H,38,58H2/b56-48-. The molecule has 3 heteroatoms. The molecular formula is C57H43N3. The first-order chi connectivity index (χ1) is 29.7. The fraction of sp³-hybridized carbons (Fsp3) is 0.0526. The molecule has 1 atom stereocenters. The van der Waals surface area contributed by atoms with Crippen molar-refractivity contribution in [1.82, 2.24) is 5.32 Å². The van der Waals surface area contributed by atoms with Gasteiger partial charge in [0.15, 0.2) is 0 Å². The van der Waals surface area contributed by atoms with Crippen molar-refractivity contribution in [3.63, 3.8) is 0 Å². The molecule has 1 unspecified atom stereocenters. The zero-order valence-corrected chi connectivity index (χ0v) is 33.2. The molecule has 0 aromatic heterocycles. The van der Waals surface area contributed by atoms with Crippen LogP contribution in [-0.4, -0.2) is 6.04 Å². The molecule has 8 aromatic carbocycles. The number of allylic oxidation sites excluding steroid dienone is 2. The predicted molar refractivity (Wildman–Crippen MR) is 249 cm³/mol. The average Bonchev–Trinajstić information content (AvgIpc) is 3.61. The Hall–Kier alpha value is -7.46. The molecule has 0 radical (unpaired) electrons. The van der Waals surface area contributed by atoms with E-state index in [0.29, 0.717) is 0 Å². The van der Waals surface area contributed by atoms with E-state index >= 15 is 0 Å². The van der Waals surface area contributed by atoms with E-state index in [2.05, 4.69) is 217 Å². The summed E-state index contributed by atoms with van der Waals surface area (Å²) in [6.07, 6.45) is 8.43. The number of benzene rings is 8. The van der Waals surface area contributed by atoms with Crippen LogP contribution in [0.5, 0.6) is 0 Å². The summed E-state index contributed by atoms with van der Waals surface area (Å²) in [4.78, 5) is 2.44. The van der Waals surface area contributed by atoms with E-state index in [1.807, 2.05) is 18.2 Å². The maximum absolute atomic E-state index is 6.67. The molecule has 11 rings (SSSR count). The zero-order valence-electron chi connectivity index (χ0n) is 33.2. The van der Waals surface area contributed by atoms with Gasteiger partial charge in [-0.25, -0.2) is 0 Å². The molecule has 3 nitrogen and oxygen atoms in total. The Morgan fingerprint density at radius 3 is 1.82 bits per heavy atom. The quantitative estimate of drug-likeness (QED) is 0.170. The van der Waals surface area contributed by atoms with E-state index in [-0.39, 0.29) is 6.04 Å². The number of hydrogen-bond donors (Lipinski definition) is 2. The molecule has 0 saturated carbocycles. The highest BCUT2D eigenvalue weighted by atomic mass is 15.2. The van der Waals surface area contributed by atoms with Crippen molar-refractivity contribution in [2.75, 3.05) is 4.90 Å². The van der Waals surface area contributed by atoms with E-state index in [9.17, 15) is 0 Å². The summed E-state index contributed by atoms with van der Waals surface area (Å²) in [6.45, 7) is 0.726. The molecule has 0 fully saturated rings. The number of hydrogen-bond acceptors (Lipinski definition) is 3. The monoisotopic (exact) mass is 769 g/mol. The largest absolute Gasteiger partial charge is 0.398 e.